The molecule has 7 heteroatoms. The molecule has 3 atom stereocenters. The van der Waals surface area contributed by atoms with E-state index in [4.69, 9.17) is 5.11 Å². The summed E-state index contributed by atoms with van der Waals surface area (Å²) in [5, 5.41) is 11.8. The Morgan fingerprint density at radius 1 is 1.29 bits per heavy atom. The van der Waals surface area contributed by atoms with Gasteiger partial charge >= 0.3 is 5.97 Å². The summed E-state index contributed by atoms with van der Waals surface area (Å²) < 4.78 is 0. The van der Waals surface area contributed by atoms with Crippen LogP contribution in [0.3, 0.4) is 0 Å². The normalized spacial score (nSPS) is 28.0. The lowest BCUT2D eigenvalue weighted by Gasteiger charge is -2.33. The first kappa shape index (κ1) is 13.8. The maximum Gasteiger partial charge on any atom is 0.307 e. The molecule has 0 radical (unpaired) electrons. The highest BCUT2D eigenvalue weighted by atomic mass is 16.4. The van der Waals surface area contributed by atoms with Gasteiger partial charge in [0.1, 0.15) is 0 Å². The van der Waals surface area contributed by atoms with E-state index in [2.05, 4.69) is 20.2 Å². The second kappa shape index (κ2) is 5.67. The fourth-order valence-electron chi connectivity index (χ4n) is 2.80. The first-order chi connectivity index (χ1) is 10.1. The van der Waals surface area contributed by atoms with E-state index in [1.54, 1.807) is 18.5 Å². The highest BCUT2D eigenvalue weighted by molar-refractivity contribution is 5.89. The summed E-state index contributed by atoms with van der Waals surface area (Å²) in [7, 11) is 0. The Kier molecular flexibility index (Phi) is 3.72. The first-order valence-electron chi connectivity index (χ1n) is 7.20. The number of piperidine rings is 1. The molecule has 1 amide bonds. The van der Waals surface area contributed by atoms with E-state index in [-0.39, 0.29) is 17.9 Å². The van der Waals surface area contributed by atoms with Gasteiger partial charge in [-0.3, -0.25) is 9.59 Å². The van der Waals surface area contributed by atoms with Gasteiger partial charge < -0.3 is 15.3 Å². The Hall–Kier alpha value is -2.18. The monoisotopic (exact) mass is 290 g/mol. The summed E-state index contributed by atoms with van der Waals surface area (Å²) in [4.78, 5) is 33.3. The number of nitrogens with zero attached hydrogens (tertiary/aromatic N) is 3. The fourth-order valence-corrected chi connectivity index (χ4v) is 2.80. The van der Waals surface area contributed by atoms with Gasteiger partial charge in [0.25, 0.3) is 0 Å². The number of carbonyl (C=O) groups is 2. The Morgan fingerprint density at radius 3 is 2.71 bits per heavy atom. The van der Waals surface area contributed by atoms with Gasteiger partial charge in [0.15, 0.2) is 0 Å². The molecule has 0 bridgehead atoms. The van der Waals surface area contributed by atoms with E-state index in [9.17, 15) is 9.59 Å². The predicted molar refractivity (Wildman–Crippen MR) is 74.6 cm³/mol. The average molecular weight is 290 g/mol. The number of aromatic nitrogens is 2. The van der Waals surface area contributed by atoms with Crippen LogP contribution in [0.15, 0.2) is 18.5 Å². The number of aliphatic carboxylic acids is 1. The van der Waals surface area contributed by atoms with Crippen LogP contribution in [-0.4, -0.2) is 46.1 Å². The lowest BCUT2D eigenvalue weighted by atomic mass is 10.1. The molecular formula is C14H18N4O3. The quantitative estimate of drug-likeness (QED) is 0.827. The second-order valence-electron chi connectivity index (χ2n) is 5.63. The van der Waals surface area contributed by atoms with Crippen molar-refractivity contribution in [1.82, 2.24) is 15.3 Å². The molecule has 2 N–H and O–H groups in total. The first-order valence-corrected chi connectivity index (χ1v) is 7.20. The molecule has 0 aromatic carbocycles. The molecule has 0 unspecified atom stereocenters. The van der Waals surface area contributed by atoms with Crippen molar-refractivity contribution in [3.63, 3.8) is 0 Å². The van der Waals surface area contributed by atoms with Gasteiger partial charge in [-0.05, 0) is 25.3 Å². The van der Waals surface area contributed by atoms with Crippen molar-refractivity contribution >= 4 is 17.8 Å². The van der Waals surface area contributed by atoms with E-state index in [0.717, 1.165) is 19.4 Å². The zero-order chi connectivity index (χ0) is 14.8. The third-order valence-electron chi connectivity index (χ3n) is 4.05. The van der Waals surface area contributed by atoms with Crippen LogP contribution in [0.25, 0.3) is 0 Å². The van der Waals surface area contributed by atoms with E-state index in [1.807, 2.05) is 0 Å². The minimum Gasteiger partial charge on any atom is -0.481 e. The van der Waals surface area contributed by atoms with Crippen molar-refractivity contribution in [3.05, 3.63) is 18.5 Å². The second-order valence-corrected chi connectivity index (χ2v) is 5.63. The van der Waals surface area contributed by atoms with Gasteiger partial charge in [-0.25, -0.2) is 9.97 Å². The van der Waals surface area contributed by atoms with Gasteiger partial charge in [0.05, 0.1) is 11.8 Å². The highest BCUT2D eigenvalue weighted by Crippen LogP contribution is 2.38. The molecule has 2 heterocycles. The smallest absolute Gasteiger partial charge is 0.307 e. The van der Waals surface area contributed by atoms with E-state index < -0.39 is 11.9 Å². The van der Waals surface area contributed by atoms with Crippen LogP contribution in [0, 0.1) is 11.8 Å². The van der Waals surface area contributed by atoms with E-state index >= 15 is 0 Å². The molecule has 2 aliphatic rings. The van der Waals surface area contributed by atoms with Crippen molar-refractivity contribution in [2.24, 2.45) is 11.8 Å². The molecule has 1 saturated carbocycles. The molecule has 7 nitrogen and oxygen atoms in total. The van der Waals surface area contributed by atoms with E-state index in [0.29, 0.717) is 18.9 Å². The third kappa shape index (κ3) is 3.12. The summed E-state index contributed by atoms with van der Waals surface area (Å²) >= 11 is 0. The molecule has 1 aliphatic carbocycles. The molecule has 112 valence electrons. The topological polar surface area (TPSA) is 95.4 Å². The lowest BCUT2D eigenvalue weighted by molar-refractivity contribution is -0.140. The van der Waals surface area contributed by atoms with Crippen molar-refractivity contribution < 1.29 is 14.7 Å². The number of anilines is 1. The Balaban J connectivity index is 1.55. The zero-order valence-electron chi connectivity index (χ0n) is 11.6. The maximum absolute atomic E-state index is 12.0. The van der Waals surface area contributed by atoms with Crippen LogP contribution in [0.2, 0.25) is 0 Å². The van der Waals surface area contributed by atoms with Crippen LogP contribution in [0.4, 0.5) is 5.95 Å². The van der Waals surface area contributed by atoms with Crippen LogP contribution in [0.5, 0.6) is 0 Å². The standard InChI is InChI=1S/C14H18N4O3/c19-12(10-7-11(10)13(20)21)17-9-3-1-6-18(8-9)14-15-4-2-5-16-14/h2,4-5,9-11H,1,3,6-8H2,(H,17,19)(H,20,21)/t9-,10-,11+/m0/s1. The van der Waals surface area contributed by atoms with Crippen LogP contribution in [0.1, 0.15) is 19.3 Å². The predicted octanol–water partition coefficient (Wildman–Crippen LogP) is 0.282. The number of amides is 1. The SMILES string of the molecule is O=C(N[C@H]1CCCN(c2ncccn2)C1)[C@H]1C[C@H]1C(=O)O. The van der Waals surface area contributed by atoms with Crippen LogP contribution in [-0.2, 0) is 9.59 Å². The van der Waals surface area contributed by atoms with Gasteiger partial charge in [0, 0.05) is 31.5 Å². The Bertz CT molecular complexity index is 536. The summed E-state index contributed by atoms with van der Waals surface area (Å²) in [5.41, 5.74) is 0. The number of rotatable bonds is 4. The molecule has 1 aromatic heterocycles. The third-order valence-corrected chi connectivity index (χ3v) is 4.05. The van der Waals surface area contributed by atoms with Gasteiger partial charge in [-0.15, -0.1) is 0 Å². The molecule has 0 spiro atoms. The number of hydrogen-bond donors (Lipinski definition) is 2. The average Bonchev–Trinajstić information content (AvgIpc) is 3.29. The molecular weight excluding hydrogens is 272 g/mol. The van der Waals surface area contributed by atoms with Crippen LogP contribution >= 0.6 is 0 Å². The maximum atomic E-state index is 12.0. The number of nitrogens with one attached hydrogen (secondary N) is 1. The molecule has 1 aromatic rings. The van der Waals surface area contributed by atoms with Crippen molar-refractivity contribution in [3.8, 4) is 0 Å². The van der Waals surface area contributed by atoms with E-state index in [1.165, 1.54) is 0 Å². The lowest BCUT2D eigenvalue weighted by Crippen LogP contribution is -2.48. The summed E-state index contributed by atoms with van der Waals surface area (Å²) in [6.45, 7) is 1.54. The Labute approximate surface area is 122 Å². The van der Waals surface area contributed by atoms with Gasteiger partial charge in [-0.2, -0.15) is 0 Å². The summed E-state index contributed by atoms with van der Waals surface area (Å²) in [5.74, 6) is -1.19. The molecule has 1 aliphatic heterocycles. The highest BCUT2D eigenvalue weighted by Gasteiger charge is 2.48. The molecule has 21 heavy (non-hydrogen) atoms. The van der Waals surface area contributed by atoms with Crippen LogP contribution < -0.4 is 10.2 Å². The van der Waals surface area contributed by atoms with Gasteiger partial charge in [-0.1, -0.05) is 0 Å². The number of carboxylic acid groups (broad SMARTS) is 1. The summed E-state index contributed by atoms with van der Waals surface area (Å²) in [6.07, 6.45) is 5.72. The molecule has 2 fully saturated rings. The minimum absolute atomic E-state index is 0.0325. The fraction of sp³-hybridized carbons (Fsp3) is 0.571. The number of hydrogen-bond acceptors (Lipinski definition) is 5. The van der Waals surface area contributed by atoms with Crippen molar-refractivity contribution in [2.75, 3.05) is 18.0 Å². The molecule has 1 saturated heterocycles. The number of carbonyl (C=O) groups excluding carboxylic acids is 1. The van der Waals surface area contributed by atoms with Crippen molar-refractivity contribution in [2.45, 2.75) is 25.3 Å². The minimum atomic E-state index is -0.877. The summed E-state index contributed by atoms with van der Waals surface area (Å²) in [6, 6.07) is 1.80. The zero-order valence-corrected chi connectivity index (χ0v) is 11.6. The van der Waals surface area contributed by atoms with Gasteiger partial charge in [0.2, 0.25) is 11.9 Å². The Morgan fingerprint density at radius 2 is 2.05 bits per heavy atom. The largest absolute Gasteiger partial charge is 0.481 e. The van der Waals surface area contributed by atoms with Crippen molar-refractivity contribution in [1.29, 1.82) is 0 Å². The number of carboxylic acids is 1. The molecule has 3 rings (SSSR count).